The van der Waals surface area contributed by atoms with Crippen LogP contribution in [0.15, 0.2) is 6.07 Å². The maximum atomic E-state index is 12.8. The molecule has 3 rings (SSSR count). The highest BCUT2D eigenvalue weighted by Gasteiger charge is 2.28. The van der Waals surface area contributed by atoms with E-state index in [0.717, 1.165) is 40.9 Å². The van der Waals surface area contributed by atoms with Gasteiger partial charge in [0.15, 0.2) is 0 Å². The van der Waals surface area contributed by atoms with E-state index in [-0.39, 0.29) is 5.91 Å². The molecule has 0 saturated carbocycles. The number of amides is 1. The van der Waals surface area contributed by atoms with Gasteiger partial charge in [0, 0.05) is 23.7 Å². The Morgan fingerprint density at radius 3 is 2.90 bits per heavy atom. The summed E-state index contributed by atoms with van der Waals surface area (Å²) in [6.07, 6.45) is 3.36. The molecule has 1 saturated heterocycles. The smallest absolute Gasteiger partial charge is 0.266 e. The van der Waals surface area contributed by atoms with Crippen molar-refractivity contribution in [3.8, 4) is 0 Å². The summed E-state index contributed by atoms with van der Waals surface area (Å²) in [6, 6.07) is 2.31. The average Bonchev–Trinajstić information content (AvgIpc) is 2.75. The summed E-state index contributed by atoms with van der Waals surface area (Å²) >= 11 is 1.43. The number of nitrogen functional groups attached to an aromatic ring is 1. The first-order valence-corrected chi connectivity index (χ1v) is 8.28. The minimum atomic E-state index is 0.0692. The van der Waals surface area contributed by atoms with Gasteiger partial charge in [-0.1, -0.05) is 0 Å². The molecular weight excluding hydrogens is 282 g/mol. The number of carbonyl (C=O) groups is 1. The van der Waals surface area contributed by atoms with E-state index in [2.05, 4.69) is 11.9 Å². The summed E-state index contributed by atoms with van der Waals surface area (Å²) in [5.74, 6) is 0.0692. The SMILES string of the molecule is Cc1cc(C)c2c(N)c(C(=O)N3CCCC[C@@H]3C)sc2n1. The molecule has 4 nitrogen and oxygen atoms in total. The number of aryl methyl sites for hydroxylation is 2. The van der Waals surface area contributed by atoms with Crippen molar-refractivity contribution < 1.29 is 4.79 Å². The van der Waals surface area contributed by atoms with Crippen LogP contribution >= 0.6 is 11.3 Å². The number of fused-ring (bicyclic) bond motifs is 1. The van der Waals surface area contributed by atoms with Crippen molar-refractivity contribution in [2.24, 2.45) is 0 Å². The highest BCUT2D eigenvalue weighted by atomic mass is 32.1. The molecule has 1 aliphatic heterocycles. The van der Waals surface area contributed by atoms with E-state index >= 15 is 0 Å². The predicted octanol–water partition coefficient (Wildman–Crippen LogP) is 3.51. The van der Waals surface area contributed by atoms with Crippen LogP contribution in [0.4, 0.5) is 5.69 Å². The summed E-state index contributed by atoms with van der Waals surface area (Å²) < 4.78 is 0. The second kappa shape index (κ2) is 5.30. The molecule has 0 spiro atoms. The van der Waals surface area contributed by atoms with Crippen molar-refractivity contribution in [1.82, 2.24) is 9.88 Å². The molecule has 0 bridgehead atoms. The molecule has 1 fully saturated rings. The van der Waals surface area contributed by atoms with Gasteiger partial charge in [-0.3, -0.25) is 4.79 Å². The van der Waals surface area contributed by atoms with Crippen molar-refractivity contribution in [2.45, 2.75) is 46.1 Å². The van der Waals surface area contributed by atoms with E-state index < -0.39 is 0 Å². The topological polar surface area (TPSA) is 59.2 Å². The lowest BCUT2D eigenvalue weighted by Gasteiger charge is -2.33. The zero-order chi connectivity index (χ0) is 15.1. The largest absolute Gasteiger partial charge is 0.397 e. The number of piperidine rings is 1. The molecule has 1 atom stereocenters. The number of nitrogens with zero attached hydrogens (tertiary/aromatic N) is 2. The Bertz CT molecular complexity index is 707. The molecule has 0 aromatic carbocycles. The Morgan fingerprint density at radius 2 is 2.19 bits per heavy atom. The second-order valence-electron chi connectivity index (χ2n) is 5.95. The van der Waals surface area contributed by atoms with Gasteiger partial charge in [-0.25, -0.2) is 4.98 Å². The molecule has 0 unspecified atom stereocenters. The van der Waals surface area contributed by atoms with Gasteiger partial charge in [0.2, 0.25) is 0 Å². The molecule has 1 aliphatic rings. The maximum Gasteiger partial charge on any atom is 0.266 e. The number of rotatable bonds is 1. The van der Waals surface area contributed by atoms with E-state index in [4.69, 9.17) is 5.73 Å². The van der Waals surface area contributed by atoms with Crippen LogP contribution in [0.25, 0.3) is 10.2 Å². The molecule has 2 N–H and O–H groups in total. The standard InChI is InChI=1S/C16H21N3OS/c1-9-8-10(2)18-15-12(9)13(17)14(21-15)16(20)19-7-5-4-6-11(19)3/h8,11H,4-7,17H2,1-3H3/t11-/m0/s1. The first kappa shape index (κ1) is 14.3. The van der Waals surface area contributed by atoms with E-state index in [1.165, 1.54) is 17.8 Å². The second-order valence-corrected chi connectivity index (χ2v) is 6.95. The van der Waals surface area contributed by atoms with Gasteiger partial charge in [0.05, 0.1) is 5.69 Å². The van der Waals surface area contributed by atoms with E-state index in [9.17, 15) is 4.79 Å². The highest BCUT2D eigenvalue weighted by Crippen LogP contribution is 2.36. The van der Waals surface area contributed by atoms with Crippen LogP contribution in [-0.4, -0.2) is 28.4 Å². The molecule has 2 aromatic heterocycles. The monoisotopic (exact) mass is 303 g/mol. The number of anilines is 1. The van der Waals surface area contributed by atoms with Crippen molar-refractivity contribution in [2.75, 3.05) is 12.3 Å². The average molecular weight is 303 g/mol. The third kappa shape index (κ3) is 2.39. The lowest BCUT2D eigenvalue weighted by Crippen LogP contribution is -2.41. The fourth-order valence-corrected chi connectivity index (χ4v) is 4.33. The Labute approximate surface area is 129 Å². The molecule has 0 aliphatic carbocycles. The molecule has 112 valence electrons. The Kier molecular flexibility index (Phi) is 3.61. The lowest BCUT2D eigenvalue weighted by atomic mass is 10.0. The molecule has 2 aromatic rings. The van der Waals surface area contributed by atoms with Gasteiger partial charge in [-0.15, -0.1) is 11.3 Å². The minimum Gasteiger partial charge on any atom is -0.397 e. The zero-order valence-electron chi connectivity index (χ0n) is 12.8. The number of likely N-dealkylation sites (tertiary alicyclic amines) is 1. The van der Waals surface area contributed by atoms with Crippen molar-refractivity contribution in [1.29, 1.82) is 0 Å². The van der Waals surface area contributed by atoms with Crippen molar-refractivity contribution in [3.05, 3.63) is 22.2 Å². The van der Waals surface area contributed by atoms with Gasteiger partial charge in [-0.05, 0) is 51.7 Å². The third-order valence-electron chi connectivity index (χ3n) is 4.28. The Balaban J connectivity index is 2.06. The summed E-state index contributed by atoms with van der Waals surface area (Å²) in [5, 5.41) is 0.943. The van der Waals surface area contributed by atoms with Gasteiger partial charge < -0.3 is 10.6 Å². The number of hydrogen-bond acceptors (Lipinski definition) is 4. The summed E-state index contributed by atoms with van der Waals surface area (Å²) in [5.41, 5.74) is 8.92. The first-order valence-electron chi connectivity index (χ1n) is 7.46. The zero-order valence-corrected chi connectivity index (χ0v) is 13.6. The molecule has 1 amide bonds. The molecule has 0 radical (unpaired) electrons. The summed E-state index contributed by atoms with van der Waals surface area (Å²) in [4.78, 5) is 20.8. The number of nitrogens with two attached hydrogens (primary N) is 1. The fraction of sp³-hybridized carbons (Fsp3) is 0.500. The first-order chi connectivity index (χ1) is 9.99. The molecule has 21 heavy (non-hydrogen) atoms. The summed E-state index contributed by atoms with van der Waals surface area (Å²) in [6.45, 7) is 6.95. The predicted molar refractivity (Wildman–Crippen MR) is 87.9 cm³/mol. The quantitative estimate of drug-likeness (QED) is 0.877. The Hall–Kier alpha value is -1.62. The Morgan fingerprint density at radius 1 is 1.43 bits per heavy atom. The molecule has 3 heterocycles. The molecular formula is C16H21N3OS. The van der Waals surface area contributed by atoms with Crippen LogP contribution in [0, 0.1) is 13.8 Å². The highest BCUT2D eigenvalue weighted by molar-refractivity contribution is 7.21. The van der Waals surface area contributed by atoms with Crippen LogP contribution in [-0.2, 0) is 0 Å². The van der Waals surface area contributed by atoms with E-state index in [0.29, 0.717) is 16.6 Å². The number of aromatic nitrogens is 1. The van der Waals surface area contributed by atoms with Crippen LogP contribution in [0.5, 0.6) is 0 Å². The normalized spacial score (nSPS) is 19.2. The number of thiophene rings is 1. The van der Waals surface area contributed by atoms with Gasteiger partial charge in [-0.2, -0.15) is 0 Å². The number of pyridine rings is 1. The van der Waals surface area contributed by atoms with E-state index in [1.54, 1.807) is 0 Å². The van der Waals surface area contributed by atoms with Gasteiger partial charge in [0.1, 0.15) is 9.71 Å². The maximum absolute atomic E-state index is 12.8. The fourth-order valence-electron chi connectivity index (χ4n) is 3.16. The van der Waals surface area contributed by atoms with Crippen LogP contribution in [0.3, 0.4) is 0 Å². The van der Waals surface area contributed by atoms with Gasteiger partial charge >= 0.3 is 0 Å². The lowest BCUT2D eigenvalue weighted by molar-refractivity contribution is 0.0642. The number of carbonyl (C=O) groups excluding carboxylic acids is 1. The van der Waals surface area contributed by atoms with Crippen LogP contribution < -0.4 is 5.73 Å². The minimum absolute atomic E-state index is 0.0692. The van der Waals surface area contributed by atoms with Crippen molar-refractivity contribution in [3.63, 3.8) is 0 Å². The van der Waals surface area contributed by atoms with Crippen LogP contribution in [0.1, 0.15) is 47.1 Å². The molecule has 5 heteroatoms. The van der Waals surface area contributed by atoms with E-state index in [1.807, 2.05) is 24.8 Å². The number of hydrogen-bond donors (Lipinski definition) is 1. The summed E-state index contributed by atoms with van der Waals surface area (Å²) in [7, 11) is 0. The van der Waals surface area contributed by atoms with Gasteiger partial charge in [0.25, 0.3) is 5.91 Å². The van der Waals surface area contributed by atoms with Crippen LogP contribution in [0.2, 0.25) is 0 Å². The van der Waals surface area contributed by atoms with Crippen molar-refractivity contribution >= 4 is 33.1 Å². The third-order valence-corrected chi connectivity index (χ3v) is 5.37.